The zero-order valence-corrected chi connectivity index (χ0v) is 11.0. The van der Waals surface area contributed by atoms with Gasteiger partial charge in [0.05, 0.1) is 0 Å². The van der Waals surface area contributed by atoms with Crippen molar-refractivity contribution in [1.29, 1.82) is 0 Å². The molecule has 1 fully saturated rings. The maximum Gasteiger partial charge on any atom is 0.223 e. The number of carbonyl (C=O) groups is 1. The first kappa shape index (κ1) is 13.5. The van der Waals surface area contributed by atoms with Gasteiger partial charge in [-0.3, -0.25) is 4.79 Å². The van der Waals surface area contributed by atoms with Crippen molar-refractivity contribution in [2.75, 3.05) is 19.6 Å². The van der Waals surface area contributed by atoms with E-state index in [1.807, 2.05) is 4.90 Å². The van der Waals surface area contributed by atoms with E-state index < -0.39 is 0 Å². The summed E-state index contributed by atoms with van der Waals surface area (Å²) in [6.45, 7) is 9.33. The molecule has 1 aliphatic rings. The third-order valence-corrected chi connectivity index (χ3v) is 3.65. The Morgan fingerprint density at radius 1 is 1.50 bits per heavy atom. The van der Waals surface area contributed by atoms with E-state index >= 15 is 0 Å². The molecule has 0 aromatic heterocycles. The Morgan fingerprint density at radius 2 is 2.25 bits per heavy atom. The first-order valence-corrected chi connectivity index (χ1v) is 6.69. The Balaban J connectivity index is 2.41. The molecule has 0 bridgehead atoms. The van der Waals surface area contributed by atoms with Crippen molar-refractivity contribution in [3.63, 3.8) is 0 Å². The van der Waals surface area contributed by atoms with Crippen molar-refractivity contribution in [2.45, 2.75) is 52.5 Å². The highest BCUT2D eigenvalue weighted by atomic mass is 16.2. The van der Waals surface area contributed by atoms with E-state index in [-0.39, 0.29) is 0 Å². The topological polar surface area (TPSA) is 32.3 Å². The minimum Gasteiger partial charge on any atom is -0.340 e. The quantitative estimate of drug-likeness (QED) is 0.778. The zero-order valence-electron chi connectivity index (χ0n) is 11.0. The molecule has 16 heavy (non-hydrogen) atoms. The number of hydrogen-bond donors (Lipinski definition) is 1. The first-order valence-electron chi connectivity index (χ1n) is 6.69. The Hall–Kier alpha value is -0.570. The highest BCUT2D eigenvalue weighted by Crippen LogP contribution is 2.16. The summed E-state index contributed by atoms with van der Waals surface area (Å²) in [6.07, 6.45) is 4.19. The lowest BCUT2D eigenvalue weighted by atomic mass is 9.95. The van der Waals surface area contributed by atoms with Gasteiger partial charge >= 0.3 is 0 Å². The molecule has 0 spiro atoms. The van der Waals surface area contributed by atoms with E-state index in [1.165, 1.54) is 12.8 Å². The number of piperidine rings is 1. The second kappa shape index (κ2) is 6.89. The maximum atomic E-state index is 12.1. The Morgan fingerprint density at radius 3 is 2.75 bits per heavy atom. The summed E-state index contributed by atoms with van der Waals surface area (Å²) in [5.74, 6) is 0.893. The number of amides is 1. The van der Waals surface area contributed by atoms with Crippen LogP contribution in [0, 0.1) is 5.92 Å². The molecule has 0 aliphatic carbocycles. The van der Waals surface area contributed by atoms with Gasteiger partial charge in [-0.1, -0.05) is 6.92 Å². The molecular weight excluding hydrogens is 200 g/mol. The van der Waals surface area contributed by atoms with Gasteiger partial charge in [0.1, 0.15) is 0 Å². The van der Waals surface area contributed by atoms with E-state index in [2.05, 4.69) is 26.1 Å². The van der Waals surface area contributed by atoms with Gasteiger partial charge < -0.3 is 10.2 Å². The van der Waals surface area contributed by atoms with Gasteiger partial charge in [-0.05, 0) is 52.1 Å². The first-order chi connectivity index (χ1) is 7.69. The highest BCUT2D eigenvalue weighted by Gasteiger charge is 2.22. The fourth-order valence-corrected chi connectivity index (χ4v) is 2.42. The van der Waals surface area contributed by atoms with Crippen LogP contribution in [0.25, 0.3) is 0 Å². The predicted molar refractivity (Wildman–Crippen MR) is 67.4 cm³/mol. The van der Waals surface area contributed by atoms with Gasteiger partial charge in [0.15, 0.2) is 0 Å². The average Bonchev–Trinajstić information content (AvgIpc) is 2.31. The van der Waals surface area contributed by atoms with Crippen molar-refractivity contribution in [3.8, 4) is 0 Å². The summed E-state index contributed by atoms with van der Waals surface area (Å²) in [5.41, 5.74) is 0. The molecule has 1 saturated heterocycles. The standard InChI is InChI=1S/C13H26N2O/c1-4-11(3)15(5-2)13(16)9-12-7-6-8-14-10-12/h11-12,14H,4-10H2,1-3H3. The molecule has 3 nitrogen and oxygen atoms in total. The molecule has 1 N–H and O–H groups in total. The van der Waals surface area contributed by atoms with Crippen LogP contribution in [-0.2, 0) is 4.79 Å². The van der Waals surface area contributed by atoms with E-state index in [1.54, 1.807) is 0 Å². The van der Waals surface area contributed by atoms with Gasteiger partial charge in [-0.2, -0.15) is 0 Å². The van der Waals surface area contributed by atoms with Crippen molar-refractivity contribution in [2.24, 2.45) is 5.92 Å². The molecule has 94 valence electrons. The summed E-state index contributed by atoms with van der Waals surface area (Å²) >= 11 is 0. The van der Waals surface area contributed by atoms with Crippen LogP contribution in [0.3, 0.4) is 0 Å². The highest BCUT2D eigenvalue weighted by molar-refractivity contribution is 5.76. The van der Waals surface area contributed by atoms with Crippen LogP contribution in [0.4, 0.5) is 0 Å². The van der Waals surface area contributed by atoms with Gasteiger partial charge in [-0.25, -0.2) is 0 Å². The fourth-order valence-electron chi connectivity index (χ4n) is 2.42. The van der Waals surface area contributed by atoms with Crippen LogP contribution < -0.4 is 5.32 Å². The second-order valence-corrected chi connectivity index (χ2v) is 4.85. The van der Waals surface area contributed by atoms with Crippen LogP contribution >= 0.6 is 0 Å². The van der Waals surface area contributed by atoms with Crippen molar-refractivity contribution < 1.29 is 4.79 Å². The van der Waals surface area contributed by atoms with Crippen molar-refractivity contribution in [1.82, 2.24) is 10.2 Å². The summed E-state index contributed by atoms with van der Waals surface area (Å²) in [4.78, 5) is 14.2. The van der Waals surface area contributed by atoms with Crippen LogP contribution in [0.2, 0.25) is 0 Å². The number of nitrogens with zero attached hydrogens (tertiary/aromatic N) is 1. The number of hydrogen-bond acceptors (Lipinski definition) is 2. The molecule has 1 amide bonds. The molecule has 0 radical (unpaired) electrons. The van der Waals surface area contributed by atoms with Crippen LogP contribution in [0.15, 0.2) is 0 Å². The van der Waals surface area contributed by atoms with Crippen LogP contribution in [0.5, 0.6) is 0 Å². The van der Waals surface area contributed by atoms with Gasteiger partial charge in [0.2, 0.25) is 5.91 Å². The Kier molecular flexibility index (Phi) is 5.81. The summed E-state index contributed by atoms with van der Waals surface area (Å²) < 4.78 is 0. The molecule has 0 aromatic rings. The Labute approximate surface area is 99.6 Å². The normalized spacial score (nSPS) is 22.8. The number of carbonyl (C=O) groups excluding carboxylic acids is 1. The molecule has 2 atom stereocenters. The summed E-state index contributed by atoms with van der Waals surface area (Å²) in [5, 5.41) is 3.37. The van der Waals surface area contributed by atoms with Crippen molar-refractivity contribution in [3.05, 3.63) is 0 Å². The number of rotatable bonds is 5. The third kappa shape index (κ3) is 3.78. The average molecular weight is 226 g/mol. The molecule has 0 saturated carbocycles. The zero-order chi connectivity index (χ0) is 12.0. The Bertz CT molecular complexity index is 212. The third-order valence-electron chi connectivity index (χ3n) is 3.65. The lowest BCUT2D eigenvalue weighted by molar-refractivity contribution is -0.134. The van der Waals surface area contributed by atoms with E-state index in [0.717, 1.165) is 32.5 Å². The molecule has 0 aromatic carbocycles. The lowest BCUT2D eigenvalue weighted by Crippen LogP contribution is -2.41. The lowest BCUT2D eigenvalue weighted by Gasteiger charge is -2.30. The van der Waals surface area contributed by atoms with Crippen LogP contribution in [-0.4, -0.2) is 36.5 Å². The van der Waals surface area contributed by atoms with Crippen LogP contribution in [0.1, 0.15) is 46.5 Å². The fraction of sp³-hybridized carbons (Fsp3) is 0.923. The largest absolute Gasteiger partial charge is 0.340 e. The predicted octanol–water partition coefficient (Wildman–Crippen LogP) is 2.02. The summed E-state index contributed by atoms with van der Waals surface area (Å²) in [6, 6.07) is 0.383. The molecule has 1 aliphatic heterocycles. The second-order valence-electron chi connectivity index (χ2n) is 4.85. The molecule has 3 heteroatoms. The van der Waals surface area contributed by atoms with E-state index in [9.17, 15) is 4.79 Å². The minimum absolute atomic E-state index is 0.338. The number of nitrogens with one attached hydrogen (secondary N) is 1. The van der Waals surface area contributed by atoms with E-state index in [4.69, 9.17) is 0 Å². The molecule has 2 unspecified atom stereocenters. The van der Waals surface area contributed by atoms with E-state index in [0.29, 0.717) is 17.9 Å². The smallest absolute Gasteiger partial charge is 0.223 e. The molecule has 1 rings (SSSR count). The molecule has 1 heterocycles. The minimum atomic E-state index is 0.338. The monoisotopic (exact) mass is 226 g/mol. The molecular formula is C13H26N2O. The SMILES string of the molecule is CCC(C)N(CC)C(=O)CC1CCCNC1. The van der Waals surface area contributed by atoms with Gasteiger partial charge in [0.25, 0.3) is 0 Å². The summed E-state index contributed by atoms with van der Waals surface area (Å²) in [7, 11) is 0. The van der Waals surface area contributed by atoms with Crippen molar-refractivity contribution >= 4 is 5.91 Å². The van der Waals surface area contributed by atoms with Gasteiger partial charge in [-0.15, -0.1) is 0 Å². The van der Waals surface area contributed by atoms with Gasteiger partial charge in [0, 0.05) is 19.0 Å². The maximum absolute atomic E-state index is 12.1.